The number of rotatable bonds is 6. The molecule has 0 bridgehead atoms. The van der Waals surface area contributed by atoms with E-state index in [4.69, 9.17) is 0 Å². The number of amides is 2. The van der Waals surface area contributed by atoms with Crippen molar-refractivity contribution in [1.29, 1.82) is 0 Å². The maximum atomic E-state index is 11.9. The maximum Gasteiger partial charge on any atom is 0.309 e. The lowest BCUT2D eigenvalue weighted by Crippen LogP contribution is -2.43. The molecule has 1 unspecified atom stereocenters. The van der Waals surface area contributed by atoms with Gasteiger partial charge in [0.15, 0.2) is 0 Å². The van der Waals surface area contributed by atoms with Crippen LogP contribution in [0.2, 0.25) is 0 Å². The Kier molecular flexibility index (Phi) is 5.76. The van der Waals surface area contributed by atoms with E-state index in [9.17, 15) is 9.59 Å². The van der Waals surface area contributed by atoms with E-state index in [2.05, 4.69) is 40.1 Å². The first-order chi connectivity index (χ1) is 11.5. The molecule has 6 nitrogen and oxygen atoms in total. The monoisotopic (exact) mass is 328 g/mol. The molecule has 0 radical (unpaired) electrons. The Morgan fingerprint density at radius 2 is 1.92 bits per heavy atom. The van der Waals surface area contributed by atoms with Crippen molar-refractivity contribution in [3.8, 4) is 0 Å². The van der Waals surface area contributed by atoms with Gasteiger partial charge in [0, 0.05) is 37.2 Å². The summed E-state index contributed by atoms with van der Waals surface area (Å²) in [6.07, 6.45) is 3.60. The normalized spacial score (nSPS) is 12.2. The minimum Gasteiger partial charge on any atom is -0.350 e. The quantitative estimate of drug-likeness (QED) is 0.618. The number of para-hydroxylation sites is 1. The number of nitrogens with one attached hydrogen (secondary N) is 2. The summed E-state index contributed by atoms with van der Waals surface area (Å²) in [5.74, 6) is -1.28. The van der Waals surface area contributed by atoms with Gasteiger partial charge >= 0.3 is 11.8 Å². The third-order valence-electron chi connectivity index (χ3n) is 3.98. The van der Waals surface area contributed by atoms with Crippen LogP contribution in [0.15, 0.2) is 43.1 Å². The molecule has 2 amide bonds. The van der Waals surface area contributed by atoms with E-state index in [-0.39, 0.29) is 12.6 Å². The van der Waals surface area contributed by atoms with E-state index in [1.807, 2.05) is 38.2 Å². The fraction of sp³-hybridized carbons (Fsp3) is 0.333. The molecule has 1 atom stereocenters. The topological polar surface area (TPSA) is 66.4 Å². The van der Waals surface area contributed by atoms with Crippen LogP contribution in [0.25, 0.3) is 10.9 Å². The van der Waals surface area contributed by atoms with Gasteiger partial charge in [0.05, 0.1) is 6.04 Å². The first-order valence-corrected chi connectivity index (χ1v) is 7.83. The predicted octanol–water partition coefficient (Wildman–Crippen LogP) is 1.20. The van der Waals surface area contributed by atoms with Gasteiger partial charge in [-0.15, -0.1) is 6.58 Å². The molecule has 0 saturated carbocycles. The van der Waals surface area contributed by atoms with Gasteiger partial charge in [-0.05, 0) is 25.7 Å². The van der Waals surface area contributed by atoms with Crippen molar-refractivity contribution in [2.75, 3.05) is 27.2 Å². The van der Waals surface area contributed by atoms with Crippen LogP contribution in [-0.2, 0) is 16.6 Å². The molecule has 0 aliphatic carbocycles. The molecule has 1 aromatic heterocycles. The number of benzene rings is 1. The number of hydrogen-bond donors (Lipinski definition) is 2. The van der Waals surface area contributed by atoms with Crippen LogP contribution in [-0.4, -0.2) is 48.5 Å². The molecule has 2 N–H and O–H groups in total. The molecule has 2 aromatic rings. The SMILES string of the molecule is C=CCNC(=O)C(=O)NCC(c1cn(C)c2ccccc12)N(C)C. The molecular weight excluding hydrogens is 304 g/mol. The first kappa shape index (κ1) is 17.7. The fourth-order valence-electron chi connectivity index (χ4n) is 2.72. The van der Waals surface area contributed by atoms with Crippen LogP contribution in [0.5, 0.6) is 0 Å². The van der Waals surface area contributed by atoms with Gasteiger partial charge in [-0.3, -0.25) is 9.59 Å². The number of nitrogens with zero attached hydrogens (tertiary/aromatic N) is 2. The molecule has 0 fully saturated rings. The van der Waals surface area contributed by atoms with Crippen LogP contribution in [0, 0.1) is 0 Å². The number of aromatic nitrogens is 1. The average Bonchev–Trinajstić information content (AvgIpc) is 2.89. The van der Waals surface area contributed by atoms with E-state index in [1.165, 1.54) is 6.08 Å². The predicted molar refractivity (Wildman–Crippen MR) is 95.6 cm³/mol. The summed E-state index contributed by atoms with van der Waals surface area (Å²) in [4.78, 5) is 25.6. The molecule has 1 heterocycles. The van der Waals surface area contributed by atoms with Crippen LogP contribution < -0.4 is 10.6 Å². The van der Waals surface area contributed by atoms with E-state index >= 15 is 0 Å². The lowest BCUT2D eigenvalue weighted by Gasteiger charge is -2.24. The average molecular weight is 328 g/mol. The Morgan fingerprint density at radius 3 is 2.58 bits per heavy atom. The van der Waals surface area contributed by atoms with Crippen molar-refractivity contribution in [1.82, 2.24) is 20.1 Å². The lowest BCUT2D eigenvalue weighted by atomic mass is 10.0. The number of carbonyl (C=O) groups is 2. The third kappa shape index (κ3) is 3.83. The van der Waals surface area contributed by atoms with Gasteiger partial charge < -0.3 is 20.1 Å². The van der Waals surface area contributed by atoms with E-state index in [0.29, 0.717) is 6.54 Å². The highest BCUT2D eigenvalue weighted by molar-refractivity contribution is 6.35. The van der Waals surface area contributed by atoms with Crippen molar-refractivity contribution in [2.45, 2.75) is 6.04 Å². The molecule has 128 valence electrons. The molecule has 0 saturated heterocycles. The zero-order valence-corrected chi connectivity index (χ0v) is 14.4. The van der Waals surface area contributed by atoms with Crippen LogP contribution in [0.3, 0.4) is 0 Å². The zero-order valence-electron chi connectivity index (χ0n) is 14.4. The molecular formula is C18H24N4O2. The van der Waals surface area contributed by atoms with Crippen molar-refractivity contribution in [3.05, 3.63) is 48.7 Å². The van der Waals surface area contributed by atoms with E-state index < -0.39 is 11.8 Å². The van der Waals surface area contributed by atoms with Crippen molar-refractivity contribution < 1.29 is 9.59 Å². The lowest BCUT2D eigenvalue weighted by molar-refractivity contribution is -0.139. The minimum absolute atomic E-state index is 0.0349. The summed E-state index contributed by atoms with van der Waals surface area (Å²) in [7, 11) is 5.91. The Hall–Kier alpha value is -2.60. The summed E-state index contributed by atoms with van der Waals surface area (Å²) in [6.45, 7) is 4.12. The van der Waals surface area contributed by atoms with Gasteiger partial charge in [-0.25, -0.2) is 0 Å². The second-order valence-corrected chi connectivity index (χ2v) is 5.90. The van der Waals surface area contributed by atoms with Crippen LogP contribution in [0.1, 0.15) is 11.6 Å². The molecule has 0 aliphatic rings. The molecule has 2 rings (SSSR count). The molecule has 24 heavy (non-hydrogen) atoms. The Morgan fingerprint density at radius 1 is 1.25 bits per heavy atom. The van der Waals surface area contributed by atoms with Gasteiger partial charge in [0.25, 0.3) is 0 Å². The van der Waals surface area contributed by atoms with Gasteiger partial charge in [-0.1, -0.05) is 24.3 Å². The largest absolute Gasteiger partial charge is 0.350 e. The van der Waals surface area contributed by atoms with E-state index in [0.717, 1.165) is 16.5 Å². The summed E-state index contributed by atoms with van der Waals surface area (Å²) >= 11 is 0. The molecule has 0 aliphatic heterocycles. The van der Waals surface area contributed by atoms with Crippen LogP contribution in [0.4, 0.5) is 0 Å². The van der Waals surface area contributed by atoms with Crippen molar-refractivity contribution in [3.63, 3.8) is 0 Å². The highest BCUT2D eigenvalue weighted by Gasteiger charge is 2.21. The van der Waals surface area contributed by atoms with Gasteiger partial charge in [0.2, 0.25) is 0 Å². The number of likely N-dealkylation sites (N-methyl/N-ethyl adjacent to an activating group) is 1. The maximum absolute atomic E-state index is 11.9. The standard InChI is InChI=1S/C18H24N4O2/c1-5-10-19-17(23)18(24)20-11-16(21(2)3)14-12-22(4)15-9-7-6-8-13(14)15/h5-9,12,16H,1,10-11H2,2-4H3,(H,19,23)(H,20,24). The minimum atomic E-state index is -0.648. The third-order valence-corrected chi connectivity index (χ3v) is 3.98. The summed E-state index contributed by atoms with van der Waals surface area (Å²) in [6, 6.07) is 8.10. The second kappa shape index (κ2) is 7.79. The van der Waals surface area contributed by atoms with E-state index in [1.54, 1.807) is 0 Å². The fourth-order valence-corrected chi connectivity index (χ4v) is 2.72. The highest BCUT2D eigenvalue weighted by Crippen LogP contribution is 2.28. The first-order valence-electron chi connectivity index (χ1n) is 7.83. The summed E-state index contributed by atoms with van der Waals surface area (Å²) in [5.41, 5.74) is 2.25. The molecule has 6 heteroatoms. The Bertz CT molecular complexity index is 749. The Balaban J connectivity index is 2.16. The number of hydrogen-bond acceptors (Lipinski definition) is 3. The van der Waals surface area contributed by atoms with Crippen molar-refractivity contribution in [2.24, 2.45) is 7.05 Å². The number of fused-ring (bicyclic) bond motifs is 1. The zero-order chi connectivity index (χ0) is 17.7. The molecule has 1 aromatic carbocycles. The molecule has 0 spiro atoms. The summed E-state index contributed by atoms with van der Waals surface area (Å²) in [5, 5.41) is 6.32. The number of aryl methyl sites for hydroxylation is 1. The second-order valence-electron chi connectivity index (χ2n) is 5.90. The smallest absolute Gasteiger partial charge is 0.309 e. The number of carbonyl (C=O) groups excluding carboxylic acids is 2. The van der Waals surface area contributed by atoms with Crippen LogP contribution >= 0.6 is 0 Å². The van der Waals surface area contributed by atoms with Gasteiger partial charge in [-0.2, -0.15) is 0 Å². The van der Waals surface area contributed by atoms with Gasteiger partial charge in [0.1, 0.15) is 0 Å². The highest BCUT2D eigenvalue weighted by atomic mass is 16.2. The Labute approximate surface area is 142 Å². The van der Waals surface area contributed by atoms with Crippen molar-refractivity contribution >= 4 is 22.7 Å². The summed E-state index contributed by atoms with van der Waals surface area (Å²) < 4.78 is 2.07.